The van der Waals surface area contributed by atoms with Crippen LogP contribution in [0.4, 0.5) is 4.79 Å². The summed E-state index contributed by atoms with van der Waals surface area (Å²) in [5, 5.41) is 10.8. The number of aliphatic carboxylic acids is 1. The average molecular weight is 159 g/mol. The Morgan fingerprint density at radius 2 is 2.27 bits per heavy atom. The van der Waals surface area contributed by atoms with Gasteiger partial charge in [0.25, 0.3) is 0 Å². The number of carboxylic acid groups (broad SMARTS) is 1. The second-order valence-corrected chi connectivity index (χ2v) is 2.91. The minimum absolute atomic E-state index is 0.678. The Bertz CT molecular complexity index is 211. The molecule has 5 nitrogen and oxygen atoms in total. The summed E-state index contributed by atoms with van der Waals surface area (Å²) in [7, 11) is 0. The molecule has 5 heteroatoms. The summed E-state index contributed by atoms with van der Waals surface area (Å²) < 4.78 is 4.69. The Morgan fingerprint density at radius 3 is 2.45 bits per heavy atom. The van der Waals surface area contributed by atoms with E-state index in [4.69, 9.17) is 9.84 Å². The Morgan fingerprint density at radius 1 is 1.73 bits per heavy atom. The van der Waals surface area contributed by atoms with Crippen molar-refractivity contribution in [2.45, 2.75) is 25.5 Å². The predicted octanol–water partition coefficient (Wildman–Crippen LogP) is -0.0420. The number of carboxylic acids is 1. The standard InChI is InChI=1S/C6H9NO4/c1-6(2)3(4(8)9)7-5(10)11-6/h3H,1-2H3,(H,7,10)(H,8,9). The molecule has 0 aromatic carbocycles. The molecule has 1 rings (SSSR count). The molecular weight excluding hydrogens is 150 g/mol. The van der Waals surface area contributed by atoms with Crippen LogP contribution in [-0.2, 0) is 9.53 Å². The van der Waals surface area contributed by atoms with E-state index in [0.29, 0.717) is 0 Å². The van der Waals surface area contributed by atoms with Crippen LogP contribution in [0.15, 0.2) is 0 Å². The maximum atomic E-state index is 10.6. The van der Waals surface area contributed by atoms with Crippen molar-refractivity contribution in [3.05, 3.63) is 0 Å². The van der Waals surface area contributed by atoms with E-state index >= 15 is 0 Å². The first-order valence-electron chi connectivity index (χ1n) is 3.16. The van der Waals surface area contributed by atoms with E-state index in [0.717, 1.165) is 0 Å². The van der Waals surface area contributed by atoms with Gasteiger partial charge in [-0.2, -0.15) is 0 Å². The fourth-order valence-electron chi connectivity index (χ4n) is 0.978. The zero-order chi connectivity index (χ0) is 8.65. The Hall–Kier alpha value is -1.26. The molecule has 0 spiro atoms. The van der Waals surface area contributed by atoms with Crippen LogP contribution in [0.2, 0.25) is 0 Å². The van der Waals surface area contributed by atoms with Crippen molar-refractivity contribution in [2.75, 3.05) is 0 Å². The molecule has 1 aliphatic heterocycles. The van der Waals surface area contributed by atoms with Gasteiger partial charge in [0.1, 0.15) is 5.60 Å². The smallest absolute Gasteiger partial charge is 0.408 e. The van der Waals surface area contributed by atoms with Crippen molar-refractivity contribution in [1.82, 2.24) is 5.32 Å². The van der Waals surface area contributed by atoms with E-state index in [-0.39, 0.29) is 0 Å². The molecule has 2 N–H and O–H groups in total. The molecule has 62 valence electrons. The van der Waals surface area contributed by atoms with E-state index in [9.17, 15) is 9.59 Å². The second kappa shape index (κ2) is 2.11. The topological polar surface area (TPSA) is 75.6 Å². The summed E-state index contributed by atoms with van der Waals surface area (Å²) in [5.41, 5.74) is -0.955. The summed E-state index contributed by atoms with van der Waals surface area (Å²) in [5.74, 6) is -1.08. The number of ether oxygens (including phenoxy) is 1. The molecule has 0 aromatic rings. The van der Waals surface area contributed by atoms with E-state index < -0.39 is 23.7 Å². The molecule has 0 saturated carbocycles. The summed E-state index contributed by atoms with van der Waals surface area (Å²) in [6, 6.07) is -0.949. The van der Waals surface area contributed by atoms with Crippen molar-refractivity contribution in [1.29, 1.82) is 0 Å². The third-order valence-electron chi connectivity index (χ3n) is 1.56. The largest absolute Gasteiger partial charge is 0.480 e. The zero-order valence-electron chi connectivity index (χ0n) is 6.25. The van der Waals surface area contributed by atoms with Crippen molar-refractivity contribution in [2.24, 2.45) is 0 Å². The SMILES string of the molecule is CC1(C)OC(=O)NC1C(=O)O. The van der Waals surface area contributed by atoms with Gasteiger partial charge in [0.15, 0.2) is 6.04 Å². The van der Waals surface area contributed by atoms with Crippen LogP contribution in [0.1, 0.15) is 13.8 Å². The third kappa shape index (κ3) is 1.26. The molecule has 1 atom stereocenters. The number of cyclic esters (lactones) is 1. The number of nitrogens with one attached hydrogen (secondary N) is 1. The molecule has 0 bridgehead atoms. The lowest BCUT2D eigenvalue weighted by Crippen LogP contribution is -2.44. The molecule has 0 radical (unpaired) electrons. The monoisotopic (exact) mass is 159 g/mol. The van der Waals surface area contributed by atoms with Crippen molar-refractivity contribution >= 4 is 12.1 Å². The molecule has 1 fully saturated rings. The van der Waals surface area contributed by atoms with Gasteiger partial charge in [0, 0.05) is 0 Å². The van der Waals surface area contributed by atoms with Crippen LogP contribution in [0.25, 0.3) is 0 Å². The minimum atomic E-state index is -1.08. The molecule has 1 aliphatic rings. The molecule has 1 saturated heterocycles. The van der Waals surface area contributed by atoms with Gasteiger partial charge < -0.3 is 15.2 Å². The van der Waals surface area contributed by atoms with Crippen LogP contribution >= 0.6 is 0 Å². The molecule has 1 unspecified atom stereocenters. The molecule has 1 amide bonds. The normalized spacial score (nSPS) is 27.5. The highest BCUT2D eigenvalue weighted by Gasteiger charge is 2.45. The van der Waals surface area contributed by atoms with Crippen LogP contribution < -0.4 is 5.32 Å². The first-order valence-corrected chi connectivity index (χ1v) is 3.16. The lowest BCUT2D eigenvalue weighted by molar-refractivity contribution is -0.142. The number of carbonyl (C=O) groups is 2. The van der Waals surface area contributed by atoms with Gasteiger partial charge in [-0.3, -0.25) is 0 Å². The van der Waals surface area contributed by atoms with Crippen LogP contribution in [0.3, 0.4) is 0 Å². The second-order valence-electron chi connectivity index (χ2n) is 2.91. The fourth-order valence-corrected chi connectivity index (χ4v) is 0.978. The Balaban J connectivity index is 2.82. The summed E-state index contributed by atoms with van der Waals surface area (Å²) in [6.45, 7) is 3.09. The van der Waals surface area contributed by atoms with Crippen molar-refractivity contribution < 1.29 is 19.4 Å². The predicted molar refractivity (Wildman–Crippen MR) is 35.1 cm³/mol. The van der Waals surface area contributed by atoms with Crippen molar-refractivity contribution in [3.63, 3.8) is 0 Å². The molecule has 11 heavy (non-hydrogen) atoms. The van der Waals surface area contributed by atoms with Crippen LogP contribution in [0, 0.1) is 0 Å². The minimum Gasteiger partial charge on any atom is -0.480 e. The molecular formula is C6H9NO4. The number of hydrogen-bond acceptors (Lipinski definition) is 3. The maximum absolute atomic E-state index is 10.6. The lowest BCUT2D eigenvalue weighted by atomic mass is 10.0. The summed E-state index contributed by atoms with van der Waals surface area (Å²) in [6.07, 6.45) is -0.678. The zero-order valence-corrected chi connectivity index (χ0v) is 6.25. The van der Waals surface area contributed by atoms with Gasteiger partial charge in [0.05, 0.1) is 0 Å². The Kier molecular flexibility index (Phi) is 1.51. The van der Waals surface area contributed by atoms with Crippen molar-refractivity contribution in [3.8, 4) is 0 Å². The third-order valence-corrected chi connectivity index (χ3v) is 1.56. The number of hydrogen-bond donors (Lipinski definition) is 2. The van der Waals surface area contributed by atoms with Gasteiger partial charge in [-0.25, -0.2) is 9.59 Å². The average Bonchev–Trinajstić information content (AvgIpc) is 2.04. The van der Waals surface area contributed by atoms with E-state index in [1.807, 2.05) is 0 Å². The quantitative estimate of drug-likeness (QED) is 0.562. The lowest BCUT2D eigenvalue weighted by Gasteiger charge is -2.19. The highest BCUT2D eigenvalue weighted by atomic mass is 16.6. The van der Waals surface area contributed by atoms with E-state index in [1.165, 1.54) is 0 Å². The molecule has 0 aromatic heterocycles. The number of alkyl carbamates (subject to hydrolysis) is 1. The first-order chi connectivity index (χ1) is 4.93. The summed E-state index contributed by atoms with van der Waals surface area (Å²) in [4.78, 5) is 21.0. The van der Waals surface area contributed by atoms with Gasteiger partial charge >= 0.3 is 12.1 Å². The van der Waals surface area contributed by atoms with Gasteiger partial charge in [0.2, 0.25) is 0 Å². The van der Waals surface area contributed by atoms with E-state index in [1.54, 1.807) is 13.8 Å². The number of rotatable bonds is 1. The number of amides is 1. The highest BCUT2D eigenvalue weighted by molar-refractivity contribution is 5.84. The van der Waals surface area contributed by atoms with Gasteiger partial charge in [-0.15, -0.1) is 0 Å². The number of carbonyl (C=O) groups excluding carboxylic acids is 1. The molecule has 1 heterocycles. The van der Waals surface area contributed by atoms with E-state index in [2.05, 4.69) is 5.32 Å². The Labute approximate surface area is 63.3 Å². The molecule has 0 aliphatic carbocycles. The maximum Gasteiger partial charge on any atom is 0.408 e. The fraction of sp³-hybridized carbons (Fsp3) is 0.667. The van der Waals surface area contributed by atoms with Gasteiger partial charge in [-0.05, 0) is 13.8 Å². The van der Waals surface area contributed by atoms with Crippen LogP contribution in [0.5, 0.6) is 0 Å². The van der Waals surface area contributed by atoms with Crippen LogP contribution in [-0.4, -0.2) is 28.8 Å². The summed E-state index contributed by atoms with van der Waals surface area (Å²) >= 11 is 0. The first kappa shape index (κ1) is 7.84. The highest BCUT2D eigenvalue weighted by Crippen LogP contribution is 2.21. The van der Waals surface area contributed by atoms with Gasteiger partial charge in [-0.1, -0.05) is 0 Å².